The Bertz CT molecular complexity index is 365. The number of imidazole rings is 1. The van der Waals surface area contributed by atoms with Gasteiger partial charge >= 0.3 is 0 Å². The number of amidine groups is 1. The number of hydrogen-bond acceptors (Lipinski definition) is 4. The Balaban J connectivity index is 2.94. The number of rotatable bonds is 4. The van der Waals surface area contributed by atoms with E-state index in [9.17, 15) is 0 Å². The average Bonchev–Trinajstić information content (AvgIpc) is 2.62. The minimum absolute atomic E-state index is 0.189. The summed E-state index contributed by atoms with van der Waals surface area (Å²) in [6, 6.07) is 0. The van der Waals surface area contributed by atoms with Crippen LogP contribution in [0.15, 0.2) is 11.3 Å². The molecule has 1 aromatic rings. The molecule has 1 atom stereocenters. The van der Waals surface area contributed by atoms with Gasteiger partial charge in [-0.05, 0) is 13.3 Å². The maximum absolute atomic E-state index is 5.95. The molecule has 0 radical (unpaired) electrons. The van der Waals surface area contributed by atoms with Gasteiger partial charge in [0.25, 0.3) is 0 Å². The Labute approximate surface area is 95.7 Å². The summed E-state index contributed by atoms with van der Waals surface area (Å²) in [5.41, 5.74) is 12.4. The first-order chi connectivity index (χ1) is 7.61. The molecule has 0 aliphatic heterocycles. The van der Waals surface area contributed by atoms with Gasteiger partial charge in [-0.25, -0.2) is 4.98 Å². The summed E-state index contributed by atoms with van der Waals surface area (Å²) in [5, 5.41) is 3.18. The molecule has 0 aromatic carbocycles. The lowest BCUT2D eigenvalue weighted by Gasteiger charge is -2.10. The molecule has 0 saturated heterocycles. The van der Waals surface area contributed by atoms with Crippen molar-refractivity contribution in [1.29, 1.82) is 0 Å². The lowest BCUT2D eigenvalue weighted by Crippen LogP contribution is -2.27. The Hall–Kier alpha value is -1.56. The molecule has 1 aromatic heterocycles. The Morgan fingerprint density at radius 1 is 1.69 bits per heavy atom. The van der Waals surface area contributed by atoms with Crippen LogP contribution >= 0.6 is 0 Å². The van der Waals surface area contributed by atoms with Crippen molar-refractivity contribution in [1.82, 2.24) is 14.9 Å². The standard InChI is InChI=1S/C10H20N6/c1-4-5-14-10(13-3)8-9(12)16(6-15-8)7(2)11/h6-7H,4-5,11-12H2,1-3H3,(H,13,14)/t7-/m1/s1. The van der Waals surface area contributed by atoms with E-state index < -0.39 is 0 Å². The van der Waals surface area contributed by atoms with Crippen LogP contribution in [0.3, 0.4) is 0 Å². The zero-order chi connectivity index (χ0) is 12.1. The van der Waals surface area contributed by atoms with E-state index in [-0.39, 0.29) is 6.17 Å². The van der Waals surface area contributed by atoms with Gasteiger partial charge in [-0.2, -0.15) is 0 Å². The van der Waals surface area contributed by atoms with Crippen molar-refractivity contribution >= 4 is 11.7 Å². The molecule has 0 bridgehead atoms. The number of aliphatic imine (C=N–C) groups is 1. The number of hydrogen-bond donors (Lipinski definition) is 3. The Morgan fingerprint density at radius 3 is 2.81 bits per heavy atom. The maximum atomic E-state index is 5.95. The smallest absolute Gasteiger partial charge is 0.150 e. The van der Waals surface area contributed by atoms with Gasteiger partial charge in [0.1, 0.15) is 11.5 Å². The van der Waals surface area contributed by atoms with Gasteiger partial charge < -0.3 is 21.4 Å². The summed E-state index contributed by atoms with van der Waals surface area (Å²) in [6.45, 7) is 4.78. The zero-order valence-corrected chi connectivity index (χ0v) is 10.1. The van der Waals surface area contributed by atoms with Crippen LogP contribution in [-0.2, 0) is 0 Å². The quantitative estimate of drug-likeness (QED) is 0.507. The van der Waals surface area contributed by atoms with Gasteiger partial charge in [0, 0.05) is 13.6 Å². The van der Waals surface area contributed by atoms with Crippen molar-refractivity contribution in [2.75, 3.05) is 19.3 Å². The first kappa shape index (κ1) is 12.5. The highest BCUT2D eigenvalue weighted by atomic mass is 15.2. The summed E-state index contributed by atoms with van der Waals surface area (Å²) < 4.78 is 1.72. The van der Waals surface area contributed by atoms with Crippen molar-refractivity contribution in [3.8, 4) is 0 Å². The lowest BCUT2D eigenvalue weighted by atomic mass is 10.3. The molecular weight excluding hydrogens is 204 g/mol. The highest BCUT2D eigenvalue weighted by molar-refractivity contribution is 6.00. The normalized spacial score (nSPS) is 13.9. The molecule has 6 nitrogen and oxygen atoms in total. The molecule has 0 aliphatic rings. The number of nitrogens with one attached hydrogen (secondary N) is 1. The molecule has 0 unspecified atom stereocenters. The Morgan fingerprint density at radius 2 is 2.38 bits per heavy atom. The molecule has 0 aliphatic carbocycles. The van der Waals surface area contributed by atoms with Crippen LogP contribution in [0.1, 0.15) is 32.1 Å². The van der Waals surface area contributed by atoms with Crippen molar-refractivity contribution in [3.05, 3.63) is 12.0 Å². The largest absolute Gasteiger partial charge is 0.383 e. The third-order valence-corrected chi connectivity index (χ3v) is 2.26. The van der Waals surface area contributed by atoms with E-state index in [1.165, 1.54) is 0 Å². The van der Waals surface area contributed by atoms with Gasteiger partial charge in [-0.15, -0.1) is 0 Å². The highest BCUT2D eigenvalue weighted by Gasteiger charge is 2.14. The highest BCUT2D eigenvalue weighted by Crippen LogP contribution is 2.13. The molecule has 0 fully saturated rings. The summed E-state index contributed by atoms with van der Waals surface area (Å²) in [7, 11) is 1.71. The fourth-order valence-electron chi connectivity index (χ4n) is 1.39. The van der Waals surface area contributed by atoms with Crippen LogP contribution in [0.5, 0.6) is 0 Å². The van der Waals surface area contributed by atoms with Crippen molar-refractivity contribution < 1.29 is 0 Å². The molecule has 0 amide bonds. The first-order valence-electron chi connectivity index (χ1n) is 5.40. The number of nitrogen functional groups attached to an aromatic ring is 1. The van der Waals surface area contributed by atoms with Crippen LogP contribution in [0.2, 0.25) is 0 Å². The lowest BCUT2D eigenvalue weighted by molar-refractivity contribution is 0.578. The number of nitrogens with two attached hydrogens (primary N) is 2. The second kappa shape index (κ2) is 5.50. The van der Waals surface area contributed by atoms with Crippen LogP contribution in [0, 0.1) is 0 Å². The van der Waals surface area contributed by atoms with Crippen molar-refractivity contribution in [3.63, 3.8) is 0 Å². The SMILES string of the molecule is CCCNC(=NC)c1ncn([C@H](C)N)c1N. The second-order valence-corrected chi connectivity index (χ2v) is 3.63. The third kappa shape index (κ3) is 2.52. The summed E-state index contributed by atoms with van der Waals surface area (Å²) >= 11 is 0. The maximum Gasteiger partial charge on any atom is 0.150 e. The molecule has 16 heavy (non-hydrogen) atoms. The minimum Gasteiger partial charge on any atom is -0.383 e. The fourth-order valence-corrected chi connectivity index (χ4v) is 1.39. The molecular formula is C10H20N6. The molecule has 90 valence electrons. The van der Waals surface area contributed by atoms with Crippen LogP contribution in [0.4, 0.5) is 5.82 Å². The van der Waals surface area contributed by atoms with Crippen LogP contribution in [-0.4, -0.2) is 29.0 Å². The van der Waals surface area contributed by atoms with E-state index in [4.69, 9.17) is 11.5 Å². The van der Waals surface area contributed by atoms with E-state index in [2.05, 4.69) is 22.2 Å². The Kier molecular flexibility index (Phi) is 4.30. The van der Waals surface area contributed by atoms with E-state index in [1.807, 2.05) is 6.92 Å². The summed E-state index contributed by atoms with van der Waals surface area (Å²) in [4.78, 5) is 8.36. The first-order valence-corrected chi connectivity index (χ1v) is 5.40. The van der Waals surface area contributed by atoms with Crippen molar-refractivity contribution in [2.45, 2.75) is 26.4 Å². The summed E-state index contributed by atoms with van der Waals surface area (Å²) in [6.07, 6.45) is 2.46. The molecule has 6 heteroatoms. The molecule has 1 heterocycles. The van der Waals surface area contributed by atoms with E-state index in [0.29, 0.717) is 17.3 Å². The zero-order valence-electron chi connectivity index (χ0n) is 10.1. The predicted octanol–water partition coefficient (Wildman–Crippen LogP) is 0.319. The monoisotopic (exact) mass is 224 g/mol. The number of anilines is 1. The minimum atomic E-state index is -0.189. The van der Waals surface area contributed by atoms with E-state index in [0.717, 1.165) is 13.0 Å². The topological polar surface area (TPSA) is 94.2 Å². The molecule has 0 saturated carbocycles. The fraction of sp³-hybridized carbons (Fsp3) is 0.600. The van der Waals surface area contributed by atoms with Gasteiger partial charge in [-0.1, -0.05) is 6.92 Å². The van der Waals surface area contributed by atoms with E-state index in [1.54, 1.807) is 17.9 Å². The van der Waals surface area contributed by atoms with Crippen LogP contribution in [0.25, 0.3) is 0 Å². The number of nitrogens with zero attached hydrogens (tertiary/aromatic N) is 3. The van der Waals surface area contributed by atoms with Gasteiger partial charge in [0.05, 0.1) is 12.5 Å². The molecule has 1 rings (SSSR count). The van der Waals surface area contributed by atoms with Gasteiger partial charge in [0.2, 0.25) is 0 Å². The molecule has 5 N–H and O–H groups in total. The number of aromatic nitrogens is 2. The van der Waals surface area contributed by atoms with Crippen LogP contribution < -0.4 is 16.8 Å². The third-order valence-electron chi connectivity index (χ3n) is 2.26. The second-order valence-electron chi connectivity index (χ2n) is 3.63. The van der Waals surface area contributed by atoms with Gasteiger partial charge in [0.15, 0.2) is 5.84 Å². The summed E-state index contributed by atoms with van der Waals surface area (Å²) in [5.74, 6) is 1.25. The van der Waals surface area contributed by atoms with Gasteiger partial charge in [-0.3, -0.25) is 4.99 Å². The van der Waals surface area contributed by atoms with E-state index >= 15 is 0 Å². The van der Waals surface area contributed by atoms with Crippen molar-refractivity contribution in [2.24, 2.45) is 10.7 Å². The average molecular weight is 224 g/mol. The molecule has 0 spiro atoms. The predicted molar refractivity (Wildman–Crippen MR) is 66.3 cm³/mol.